The standard InChI is InChI=1S/C17H15N5S/c1-13(17-19-9-12-23-17)21-11-8-18-16(21)14-3-5-15(6-4-14)22-10-2-7-20-22/h2-13H,1H3. The van der Waals surface area contributed by atoms with E-state index >= 15 is 0 Å². The maximum atomic E-state index is 4.53. The predicted molar refractivity (Wildman–Crippen MR) is 90.7 cm³/mol. The van der Waals surface area contributed by atoms with Gasteiger partial charge in [-0.15, -0.1) is 11.3 Å². The first-order valence-electron chi connectivity index (χ1n) is 7.35. The van der Waals surface area contributed by atoms with Gasteiger partial charge in [0.25, 0.3) is 0 Å². The second-order valence-corrected chi connectivity index (χ2v) is 6.13. The summed E-state index contributed by atoms with van der Waals surface area (Å²) in [5.74, 6) is 0.944. The quantitative estimate of drug-likeness (QED) is 0.574. The van der Waals surface area contributed by atoms with E-state index in [2.05, 4.69) is 50.8 Å². The molecule has 0 radical (unpaired) electrons. The number of thiazole rings is 1. The van der Waals surface area contributed by atoms with Gasteiger partial charge in [-0.2, -0.15) is 5.10 Å². The van der Waals surface area contributed by atoms with Gasteiger partial charge in [0, 0.05) is 41.9 Å². The third-order valence-corrected chi connectivity index (χ3v) is 4.73. The number of imidazole rings is 1. The van der Waals surface area contributed by atoms with Crippen molar-refractivity contribution in [3.8, 4) is 17.1 Å². The van der Waals surface area contributed by atoms with Crippen molar-refractivity contribution in [1.82, 2.24) is 24.3 Å². The van der Waals surface area contributed by atoms with Crippen LogP contribution in [0.15, 0.2) is 66.7 Å². The Morgan fingerprint density at radius 3 is 2.57 bits per heavy atom. The number of nitrogens with zero attached hydrogens (tertiary/aromatic N) is 5. The van der Waals surface area contributed by atoms with Crippen LogP contribution in [0.1, 0.15) is 18.0 Å². The summed E-state index contributed by atoms with van der Waals surface area (Å²) in [5.41, 5.74) is 2.11. The van der Waals surface area contributed by atoms with Crippen LogP contribution in [0.4, 0.5) is 0 Å². The van der Waals surface area contributed by atoms with Crippen molar-refractivity contribution in [3.63, 3.8) is 0 Å². The second-order valence-electron chi connectivity index (χ2n) is 5.20. The van der Waals surface area contributed by atoms with Crippen LogP contribution in [0.2, 0.25) is 0 Å². The van der Waals surface area contributed by atoms with E-state index in [0.717, 1.165) is 22.1 Å². The fraction of sp³-hybridized carbons (Fsp3) is 0.118. The van der Waals surface area contributed by atoms with Gasteiger partial charge in [0.2, 0.25) is 0 Å². The van der Waals surface area contributed by atoms with Gasteiger partial charge in [0.15, 0.2) is 0 Å². The first-order chi connectivity index (χ1) is 11.3. The maximum Gasteiger partial charge on any atom is 0.140 e. The van der Waals surface area contributed by atoms with Crippen LogP contribution in [0.25, 0.3) is 17.1 Å². The highest BCUT2D eigenvalue weighted by molar-refractivity contribution is 7.09. The van der Waals surface area contributed by atoms with Gasteiger partial charge in [-0.05, 0) is 37.3 Å². The number of aromatic nitrogens is 5. The molecule has 0 amide bonds. The highest BCUT2D eigenvalue weighted by Gasteiger charge is 2.15. The molecule has 0 aliphatic carbocycles. The number of hydrogen-bond acceptors (Lipinski definition) is 4. The lowest BCUT2D eigenvalue weighted by Crippen LogP contribution is -2.07. The summed E-state index contributed by atoms with van der Waals surface area (Å²) >= 11 is 1.66. The zero-order valence-corrected chi connectivity index (χ0v) is 13.4. The molecule has 1 atom stereocenters. The minimum absolute atomic E-state index is 0.165. The Balaban J connectivity index is 1.68. The van der Waals surface area contributed by atoms with Crippen molar-refractivity contribution in [2.75, 3.05) is 0 Å². The normalized spacial score (nSPS) is 12.4. The Hall–Kier alpha value is -2.73. The van der Waals surface area contributed by atoms with E-state index in [9.17, 15) is 0 Å². The molecule has 0 saturated carbocycles. The molecular weight excluding hydrogens is 306 g/mol. The van der Waals surface area contributed by atoms with E-state index in [0.29, 0.717) is 0 Å². The van der Waals surface area contributed by atoms with Gasteiger partial charge in [0.05, 0.1) is 11.7 Å². The molecule has 1 aromatic carbocycles. The lowest BCUT2D eigenvalue weighted by atomic mass is 10.2. The summed E-state index contributed by atoms with van der Waals surface area (Å²) < 4.78 is 4.00. The Morgan fingerprint density at radius 1 is 1.00 bits per heavy atom. The zero-order valence-electron chi connectivity index (χ0n) is 12.6. The Kier molecular flexibility index (Phi) is 3.51. The molecule has 114 valence electrons. The molecule has 0 N–H and O–H groups in total. The van der Waals surface area contributed by atoms with Crippen LogP contribution in [-0.4, -0.2) is 24.3 Å². The molecule has 3 heterocycles. The molecule has 0 fully saturated rings. The van der Waals surface area contributed by atoms with Crippen LogP contribution in [0.3, 0.4) is 0 Å². The van der Waals surface area contributed by atoms with E-state index in [1.807, 2.05) is 40.9 Å². The largest absolute Gasteiger partial charge is 0.321 e. The Bertz CT molecular complexity index is 876. The molecule has 3 aromatic heterocycles. The number of rotatable bonds is 4. The van der Waals surface area contributed by atoms with Crippen molar-refractivity contribution >= 4 is 11.3 Å². The molecule has 23 heavy (non-hydrogen) atoms. The highest BCUT2D eigenvalue weighted by Crippen LogP contribution is 2.27. The van der Waals surface area contributed by atoms with E-state index in [4.69, 9.17) is 0 Å². The fourth-order valence-electron chi connectivity index (χ4n) is 2.59. The van der Waals surface area contributed by atoms with E-state index in [-0.39, 0.29) is 6.04 Å². The second kappa shape index (κ2) is 5.81. The van der Waals surface area contributed by atoms with Gasteiger partial charge in [-0.25, -0.2) is 14.6 Å². The smallest absolute Gasteiger partial charge is 0.140 e. The first-order valence-corrected chi connectivity index (χ1v) is 8.23. The third kappa shape index (κ3) is 2.57. The molecule has 1 unspecified atom stereocenters. The molecule has 5 nitrogen and oxygen atoms in total. The van der Waals surface area contributed by atoms with Crippen LogP contribution < -0.4 is 0 Å². The molecule has 6 heteroatoms. The summed E-state index contributed by atoms with van der Waals surface area (Å²) in [6.07, 6.45) is 9.38. The molecule has 0 bridgehead atoms. The first kappa shape index (κ1) is 13.9. The average Bonchev–Trinajstić information content (AvgIpc) is 3.36. The van der Waals surface area contributed by atoms with Crippen molar-refractivity contribution in [2.45, 2.75) is 13.0 Å². The third-order valence-electron chi connectivity index (χ3n) is 3.79. The molecule has 0 saturated heterocycles. The summed E-state index contributed by atoms with van der Waals surface area (Å²) in [4.78, 5) is 8.94. The van der Waals surface area contributed by atoms with Crippen LogP contribution in [0.5, 0.6) is 0 Å². The Labute approximate surface area is 137 Å². The molecule has 4 aromatic rings. The van der Waals surface area contributed by atoms with Crippen LogP contribution in [-0.2, 0) is 0 Å². The predicted octanol–water partition coefficient (Wildman–Crippen LogP) is 3.80. The van der Waals surface area contributed by atoms with Crippen molar-refractivity contribution in [2.24, 2.45) is 0 Å². The molecule has 4 rings (SSSR count). The summed E-state index contributed by atoms with van der Waals surface area (Å²) in [6.45, 7) is 2.14. The highest BCUT2D eigenvalue weighted by atomic mass is 32.1. The minimum atomic E-state index is 0.165. The minimum Gasteiger partial charge on any atom is -0.321 e. The maximum absolute atomic E-state index is 4.53. The van der Waals surface area contributed by atoms with Crippen LogP contribution >= 0.6 is 11.3 Å². The van der Waals surface area contributed by atoms with Gasteiger partial charge >= 0.3 is 0 Å². The van der Waals surface area contributed by atoms with Gasteiger partial charge < -0.3 is 4.57 Å². The fourth-order valence-corrected chi connectivity index (χ4v) is 3.29. The zero-order chi connectivity index (χ0) is 15.6. The van der Waals surface area contributed by atoms with E-state index in [1.54, 1.807) is 17.5 Å². The molecule has 0 spiro atoms. The SMILES string of the molecule is CC(c1nccs1)n1ccnc1-c1ccc(-n2cccn2)cc1. The number of benzene rings is 1. The monoisotopic (exact) mass is 321 g/mol. The van der Waals surface area contributed by atoms with Gasteiger partial charge in [-0.3, -0.25) is 0 Å². The van der Waals surface area contributed by atoms with E-state index in [1.165, 1.54) is 0 Å². The van der Waals surface area contributed by atoms with Gasteiger partial charge in [0.1, 0.15) is 10.8 Å². The summed E-state index contributed by atoms with van der Waals surface area (Å²) in [6, 6.07) is 10.3. The molecular formula is C17H15N5S. The Morgan fingerprint density at radius 2 is 1.87 bits per heavy atom. The van der Waals surface area contributed by atoms with Crippen molar-refractivity contribution in [1.29, 1.82) is 0 Å². The lowest BCUT2D eigenvalue weighted by molar-refractivity contribution is 0.641. The lowest BCUT2D eigenvalue weighted by Gasteiger charge is -2.14. The topological polar surface area (TPSA) is 48.5 Å². The average molecular weight is 321 g/mol. The number of hydrogen-bond donors (Lipinski definition) is 0. The summed E-state index contributed by atoms with van der Waals surface area (Å²) in [5, 5.41) is 7.33. The summed E-state index contributed by atoms with van der Waals surface area (Å²) in [7, 11) is 0. The molecule has 0 aliphatic heterocycles. The van der Waals surface area contributed by atoms with Crippen molar-refractivity contribution < 1.29 is 0 Å². The van der Waals surface area contributed by atoms with Gasteiger partial charge in [-0.1, -0.05) is 0 Å². The van der Waals surface area contributed by atoms with E-state index < -0.39 is 0 Å². The van der Waals surface area contributed by atoms with Crippen LogP contribution in [0, 0.1) is 0 Å². The molecule has 0 aliphatic rings. The van der Waals surface area contributed by atoms with Crippen molar-refractivity contribution in [3.05, 3.63) is 71.7 Å².